The smallest absolute Gasteiger partial charge is 0.491 e. The van der Waals surface area contributed by atoms with E-state index in [2.05, 4.69) is 65.0 Å². The van der Waals surface area contributed by atoms with Crippen molar-refractivity contribution in [2.45, 2.75) is 58.3 Å². The zero-order chi connectivity index (χ0) is 18.9. The van der Waals surface area contributed by atoms with Crippen LogP contribution >= 0.6 is 0 Å². The SMILES string of the molecule is COCCC(C)Oc1ccc2cc(B3OC(C)(C)C(C)(C)O3)ccc2c1. The maximum atomic E-state index is 6.15. The van der Waals surface area contributed by atoms with Crippen molar-refractivity contribution >= 4 is 23.4 Å². The molecule has 0 spiro atoms. The summed E-state index contributed by atoms with van der Waals surface area (Å²) in [6, 6.07) is 12.5. The topological polar surface area (TPSA) is 36.9 Å². The molecule has 4 nitrogen and oxygen atoms in total. The Hall–Kier alpha value is -1.56. The van der Waals surface area contributed by atoms with Crippen LogP contribution in [-0.4, -0.2) is 38.1 Å². The molecule has 2 aromatic rings. The van der Waals surface area contributed by atoms with Crippen LogP contribution in [0.5, 0.6) is 5.75 Å². The van der Waals surface area contributed by atoms with E-state index in [1.807, 2.05) is 6.07 Å². The lowest BCUT2D eigenvalue weighted by Gasteiger charge is -2.32. The first-order chi connectivity index (χ1) is 12.2. The van der Waals surface area contributed by atoms with Crippen molar-refractivity contribution in [2.75, 3.05) is 13.7 Å². The molecule has 1 aliphatic rings. The Morgan fingerprint density at radius 2 is 1.58 bits per heavy atom. The Morgan fingerprint density at radius 3 is 2.23 bits per heavy atom. The second-order valence-corrected chi connectivity index (χ2v) is 8.07. The minimum absolute atomic E-state index is 0.122. The first-order valence-electron chi connectivity index (χ1n) is 9.27. The predicted molar refractivity (Wildman–Crippen MR) is 106 cm³/mol. The number of benzene rings is 2. The second-order valence-electron chi connectivity index (χ2n) is 8.07. The number of ether oxygens (including phenoxy) is 2. The van der Waals surface area contributed by atoms with E-state index in [1.165, 1.54) is 0 Å². The summed E-state index contributed by atoms with van der Waals surface area (Å²) in [7, 11) is 1.37. The van der Waals surface area contributed by atoms with Gasteiger partial charge in [-0.05, 0) is 63.0 Å². The van der Waals surface area contributed by atoms with Gasteiger partial charge in [0.25, 0.3) is 0 Å². The van der Waals surface area contributed by atoms with E-state index >= 15 is 0 Å². The summed E-state index contributed by atoms with van der Waals surface area (Å²) in [5.74, 6) is 0.879. The molecule has 0 amide bonds. The maximum absolute atomic E-state index is 6.15. The van der Waals surface area contributed by atoms with Gasteiger partial charge in [0, 0.05) is 20.1 Å². The highest BCUT2D eigenvalue weighted by molar-refractivity contribution is 6.62. The van der Waals surface area contributed by atoms with Gasteiger partial charge < -0.3 is 18.8 Å². The van der Waals surface area contributed by atoms with Crippen LogP contribution in [0.25, 0.3) is 10.8 Å². The van der Waals surface area contributed by atoms with Gasteiger partial charge in [-0.25, -0.2) is 0 Å². The van der Waals surface area contributed by atoms with Gasteiger partial charge in [0.05, 0.1) is 17.3 Å². The first-order valence-corrected chi connectivity index (χ1v) is 9.27. The summed E-state index contributed by atoms with van der Waals surface area (Å²) >= 11 is 0. The molecule has 0 saturated carbocycles. The van der Waals surface area contributed by atoms with Crippen molar-refractivity contribution in [3.8, 4) is 5.75 Å². The molecular formula is C21H29BO4. The molecule has 0 bridgehead atoms. The zero-order valence-corrected chi connectivity index (χ0v) is 16.7. The predicted octanol–water partition coefficient (Wildman–Crippen LogP) is 3.94. The summed E-state index contributed by atoms with van der Waals surface area (Å²) in [5, 5.41) is 2.29. The molecule has 5 heteroatoms. The monoisotopic (exact) mass is 356 g/mol. The average molecular weight is 356 g/mol. The van der Waals surface area contributed by atoms with Gasteiger partial charge in [-0.3, -0.25) is 0 Å². The molecule has 0 aliphatic carbocycles. The fraction of sp³-hybridized carbons (Fsp3) is 0.524. The first kappa shape index (κ1) is 19.2. The fourth-order valence-electron chi connectivity index (χ4n) is 3.02. The average Bonchev–Trinajstić information content (AvgIpc) is 2.80. The van der Waals surface area contributed by atoms with Gasteiger partial charge in [-0.1, -0.05) is 24.3 Å². The van der Waals surface area contributed by atoms with Crippen LogP contribution in [0.1, 0.15) is 41.0 Å². The number of hydrogen-bond donors (Lipinski definition) is 0. The molecule has 0 aromatic heterocycles. The highest BCUT2D eigenvalue weighted by Gasteiger charge is 2.51. The number of fused-ring (bicyclic) bond motifs is 1. The second kappa shape index (κ2) is 7.22. The van der Waals surface area contributed by atoms with E-state index in [0.29, 0.717) is 6.61 Å². The molecule has 1 heterocycles. The van der Waals surface area contributed by atoms with Gasteiger partial charge in [0.2, 0.25) is 0 Å². The Labute approximate surface area is 156 Å². The van der Waals surface area contributed by atoms with Crippen LogP contribution in [0.2, 0.25) is 0 Å². The Bertz CT molecular complexity index is 756. The Balaban J connectivity index is 1.77. The summed E-state index contributed by atoms with van der Waals surface area (Å²) in [4.78, 5) is 0. The third-order valence-corrected chi connectivity index (χ3v) is 5.43. The number of hydrogen-bond acceptors (Lipinski definition) is 4. The summed E-state index contributed by atoms with van der Waals surface area (Å²) in [6.07, 6.45) is 0.992. The molecule has 0 radical (unpaired) electrons. The summed E-state index contributed by atoms with van der Waals surface area (Å²) < 4.78 is 23.4. The fourth-order valence-corrected chi connectivity index (χ4v) is 3.02. The van der Waals surface area contributed by atoms with Gasteiger partial charge in [0.15, 0.2) is 0 Å². The standard InChI is InChI=1S/C21H29BO4/c1-15(11-12-23-6)24-19-10-8-16-13-18(9-7-17(16)14-19)22-25-20(2,3)21(4,5)26-22/h7-10,13-15H,11-12H2,1-6H3. The highest BCUT2D eigenvalue weighted by Crippen LogP contribution is 2.36. The van der Waals surface area contributed by atoms with Crippen molar-refractivity contribution in [1.82, 2.24) is 0 Å². The highest BCUT2D eigenvalue weighted by atomic mass is 16.7. The minimum atomic E-state index is -0.339. The van der Waals surface area contributed by atoms with E-state index < -0.39 is 0 Å². The molecule has 2 aromatic carbocycles. The van der Waals surface area contributed by atoms with Crippen molar-refractivity contribution < 1.29 is 18.8 Å². The van der Waals surface area contributed by atoms with Crippen LogP contribution in [-0.2, 0) is 14.0 Å². The van der Waals surface area contributed by atoms with Crippen LogP contribution in [0.15, 0.2) is 36.4 Å². The van der Waals surface area contributed by atoms with Gasteiger partial charge in [-0.15, -0.1) is 0 Å². The third kappa shape index (κ3) is 3.90. The molecule has 1 unspecified atom stereocenters. The molecule has 1 fully saturated rings. The van der Waals surface area contributed by atoms with Crippen LogP contribution in [0, 0.1) is 0 Å². The van der Waals surface area contributed by atoms with Crippen LogP contribution < -0.4 is 10.2 Å². The van der Waals surface area contributed by atoms with E-state index in [4.69, 9.17) is 18.8 Å². The van der Waals surface area contributed by atoms with Crippen LogP contribution in [0.3, 0.4) is 0 Å². The molecular weight excluding hydrogens is 327 g/mol. The summed E-state index contributed by atoms with van der Waals surface area (Å²) in [5.41, 5.74) is 0.379. The van der Waals surface area contributed by atoms with Gasteiger partial charge in [-0.2, -0.15) is 0 Å². The third-order valence-electron chi connectivity index (χ3n) is 5.43. The van der Waals surface area contributed by atoms with Gasteiger partial charge in [0.1, 0.15) is 5.75 Å². The quantitative estimate of drug-likeness (QED) is 0.735. The molecule has 1 aliphatic heterocycles. The van der Waals surface area contributed by atoms with Crippen molar-refractivity contribution in [3.63, 3.8) is 0 Å². The zero-order valence-electron chi connectivity index (χ0n) is 16.7. The molecule has 3 rings (SSSR count). The molecule has 1 saturated heterocycles. The molecule has 26 heavy (non-hydrogen) atoms. The lowest BCUT2D eigenvalue weighted by Crippen LogP contribution is -2.41. The van der Waals surface area contributed by atoms with Gasteiger partial charge >= 0.3 is 7.12 Å². The van der Waals surface area contributed by atoms with E-state index in [-0.39, 0.29) is 24.4 Å². The number of methoxy groups -OCH3 is 1. The number of rotatable bonds is 6. The van der Waals surface area contributed by atoms with Crippen LogP contribution in [0.4, 0.5) is 0 Å². The van der Waals surface area contributed by atoms with Crippen molar-refractivity contribution in [1.29, 1.82) is 0 Å². The largest absolute Gasteiger partial charge is 0.494 e. The van der Waals surface area contributed by atoms with E-state index in [9.17, 15) is 0 Å². The lowest BCUT2D eigenvalue weighted by molar-refractivity contribution is 0.00578. The Kier molecular flexibility index (Phi) is 5.34. The molecule has 1 atom stereocenters. The minimum Gasteiger partial charge on any atom is -0.491 e. The Morgan fingerprint density at radius 1 is 0.962 bits per heavy atom. The van der Waals surface area contributed by atoms with E-state index in [1.54, 1.807) is 7.11 Å². The van der Waals surface area contributed by atoms with E-state index in [0.717, 1.165) is 28.4 Å². The van der Waals surface area contributed by atoms with Crippen molar-refractivity contribution in [3.05, 3.63) is 36.4 Å². The lowest BCUT2D eigenvalue weighted by atomic mass is 9.78. The normalized spacial score (nSPS) is 19.7. The maximum Gasteiger partial charge on any atom is 0.494 e. The molecule has 0 N–H and O–H groups in total. The summed E-state index contributed by atoms with van der Waals surface area (Å²) in [6.45, 7) is 11.0. The van der Waals surface area contributed by atoms with Crippen molar-refractivity contribution in [2.24, 2.45) is 0 Å². The molecule has 140 valence electrons.